The van der Waals surface area contributed by atoms with Crippen LogP contribution >= 0.6 is 0 Å². The second kappa shape index (κ2) is 61.4. The van der Waals surface area contributed by atoms with Crippen molar-refractivity contribution in [2.24, 2.45) is 41.4 Å². The molecule has 0 radical (unpaired) electrons. The molecule has 1 aromatic carbocycles. The van der Waals surface area contributed by atoms with E-state index in [0.717, 1.165) is 0 Å². The highest BCUT2D eigenvalue weighted by atomic mass is 16.7. The lowest BCUT2D eigenvalue weighted by molar-refractivity contribution is -0.255. The Hall–Kier alpha value is -7.92. The average Bonchev–Trinajstić information content (AvgIpc) is 0.820. The van der Waals surface area contributed by atoms with Crippen molar-refractivity contribution in [3.63, 3.8) is 0 Å². The minimum Gasteiger partial charge on any atom is -0.481 e. The molecule has 33 heteroatoms. The Morgan fingerprint density at radius 1 is 0.380 bits per heavy atom. The molecule has 0 bridgehead atoms. The predicted molar refractivity (Wildman–Crippen MR) is 443 cm³/mol. The number of carbonyl (C=O) groups excluding carboxylic acids is 13. The molecule has 0 spiro atoms. The maximum atomic E-state index is 13.7. The second-order valence-electron chi connectivity index (χ2n) is 32.5. The first-order chi connectivity index (χ1) is 57.6. The number of esters is 4. The molecule has 0 saturated carbocycles. The molecule has 3 saturated heterocycles. The molecule has 688 valence electrons. The van der Waals surface area contributed by atoms with Gasteiger partial charge in [-0.25, -0.2) is 4.79 Å². The number of ketones is 4. The van der Waals surface area contributed by atoms with Gasteiger partial charge in [-0.05, 0) is 125 Å². The zero-order chi connectivity index (χ0) is 89.7. The summed E-state index contributed by atoms with van der Waals surface area (Å²) in [5.41, 5.74) is -0.882. The van der Waals surface area contributed by atoms with Crippen molar-refractivity contribution in [1.29, 1.82) is 0 Å². The van der Waals surface area contributed by atoms with Crippen LogP contribution in [0.3, 0.4) is 0 Å². The predicted octanol–water partition coefficient (Wildman–Crippen LogP) is 9.96. The summed E-state index contributed by atoms with van der Waals surface area (Å²) in [5, 5.41) is 22.5. The first-order valence-corrected chi connectivity index (χ1v) is 43.5. The van der Waals surface area contributed by atoms with Crippen molar-refractivity contribution >= 4 is 82.7 Å². The molecular formula is C88H143N5O28. The Kier molecular flexibility index (Phi) is 54.4. The zero-order valence-electron chi connectivity index (χ0n) is 74.1. The van der Waals surface area contributed by atoms with Crippen molar-refractivity contribution in [1.82, 2.24) is 26.6 Å². The van der Waals surface area contributed by atoms with Gasteiger partial charge in [0.25, 0.3) is 0 Å². The van der Waals surface area contributed by atoms with Crippen LogP contribution in [0.2, 0.25) is 0 Å². The molecule has 5 amide bonds. The van der Waals surface area contributed by atoms with Gasteiger partial charge in [0.2, 0.25) is 23.6 Å². The summed E-state index contributed by atoms with van der Waals surface area (Å²) in [6.07, 6.45) is 6.09. The molecule has 7 unspecified atom stereocenters. The van der Waals surface area contributed by atoms with Crippen LogP contribution in [0.5, 0.6) is 0 Å². The molecule has 121 heavy (non-hydrogen) atoms. The average molecular weight is 1720 g/mol. The van der Waals surface area contributed by atoms with Gasteiger partial charge in [-0.3, -0.25) is 57.5 Å². The molecule has 16 atom stereocenters. The van der Waals surface area contributed by atoms with Crippen molar-refractivity contribution in [2.75, 3.05) is 85.8 Å². The lowest BCUT2D eigenvalue weighted by atomic mass is 9.79. The number of amides is 5. The van der Waals surface area contributed by atoms with Crippen LogP contribution in [0, 0.1) is 41.4 Å². The van der Waals surface area contributed by atoms with Crippen molar-refractivity contribution in [3.05, 3.63) is 35.9 Å². The van der Waals surface area contributed by atoms with Gasteiger partial charge in [0.15, 0.2) is 18.9 Å². The van der Waals surface area contributed by atoms with E-state index in [-0.39, 0.29) is 205 Å². The number of benzene rings is 1. The van der Waals surface area contributed by atoms with Crippen LogP contribution < -0.4 is 26.6 Å². The highest BCUT2D eigenvalue weighted by Crippen LogP contribution is 2.37. The number of unbranched alkanes of at least 4 members (excludes halogenated alkanes) is 7. The van der Waals surface area contributed by atoms with Gasteiger partial charge < -0.3 is 98.1 Å². The highest BCUT2D eigenvalue weighted by molar-refractivity contribution is 5.80. The van der Waals surface area contributed by atoms with Crippen molar-refractivity contribution in [3.8, 4) is 0 Å². The van der Waals surface area contributed by atoms with E-state index in [1.165, 1.54) is 41.5 Å². The molecule has 0 aliphatic carbocycles. The number of rotatable bonds is 61. The Morgan fingerprint density at radius 3 is 1.23 bits per heavy atom. The number of ether oxygens (including phenoxy) is 13. The van der Waals surface area contributed by atoms with E-state index in [0.29, 0.717) is 147 Å². The van der Waals surface area contributed by atoms with E-state index < -0.39 is 85.3 Å². The van der Waals surface area contributed by atoms with Crippen LogP contribution in [0.1, 0.15) is 256 Å². The Bertz CT molecular complexity index is 3270. The van der Waals surface area contributed by atoms with Crippen molar-refractivity contribution < 1.29 is 134 Å². The largest absolute Gasteiger partial charge is 0.481 e. The van der Waals surface area contributed by atoms with E-state index in [1.54, 1.807) is 24.3 Å². The molecule has 0 aromatic heterocycles. The minimum absolute atomic E-state index is 0.0123. The summed E-state index contributed by atoms with van der Waals surface area (Å²) in [7, 11) is 0. The fourth-order valence-corrected chi connectivity index (χ4v) is 14.0. The van der Waals surface area contributed by atoms with Gasteiger partial charge in [-0.2, -0.15) is 0 Å². The molecule has 3 aliphatic rings. The minimum atomic E-state index is -1.58. The molecule has 1 aromatic rings. The number of alkyl carbamates (subject to hydrolysis) is 1. The summed E-state index contributed by atoms with van der Waals surface area (Å²) >= 11 is 0. The summed E-state index contributed by atoms with van der Waals surface area (Å²) < 4.78 is 76.1. The van der Waals surface area contributed by atoms with E-state index in [9.17, 15) is 67.1 Å². The number of hydrogen-bond donors (Lipinski definition) is 6. The fourth-order valence-electron chi connectivity index (χ4n) is 14.0. The Balaban J connectivity index is 0.00000395. The van der Waals surface area contributed by atoms with E-state index >= 15 is 0 Å². The van der Waals surface area contributed by atoms with Gasteiger partial charge >= 0.3 is 35.9 Å². The van der Waals surface area contributed by atoms with Gasteiger partial charge in [0.05, 0.1) is 56.8 Å². The summed E-state index contributed by atoms with van der Waals surface area (Å²) in [6.45, 7) is 23.0. The normalized spacial score (nSPS) is 22.9. The lowest BCUT2D eigenvalue weighted by Crippen LogP contribution is -2.59. The van der Waals surface area contributed by atoms with Crippen LogP contribution in [0.15, 0.2) is 30.3 Å². The SMILES string of the molecule is CC(=O)CCCC(=O)O.CC(=O)NC1[C@H](OCCCCC(=O)CCCCCC(=O)OCC(COCCC(=O)CCCCCC(=O)CCCCO[C@@H]2OC(COC(C)=O)[C@H](C)[C@H](C)C2C)(COCCC(=O)NCCCNC(=O)CCCCO[C@@H]2OC(COC(C)=O)[C@H](C)[C@H](C)C2NC(C)=O)NC(=O)OCc2ccccc2)OC(COC(C)=O)[C@H](C)[C@@H]1C. The standard InChI is InChI=1S/C82H133N5O25.C6H10O3/c1-54-55(2)70(48-105-63(10)90)110-78(60(54)7)102-42-25-22-34-67(93)31-18-14-19-33-69(95)38-45-100-51-82(87-81(99)108-47-66-29-16-13-17-30-66,53-109-75(98)37-21-15-20-32-68(94)35-23-26-43-103-79-76(85-61(8)88)58(5)56(3)71(111-79)49-106-64(11)91)52-101-46-39-74(97)84-41-28-40-83-73(96)36-24-27-44-104-80-77(86-62(9)89)59(6)57(4)72(112-80)50-107-65(12)92;1-5(7)3-2-4-6(8)9/h13,16-17,29-30,54-60,70-72,76-80H,14-15,18-28,31-53H2,1-12H3,(H,83,96)(H,84,97)(H,85,88)(H,86,89)(H,87,99);2-4H2,1H3,(H,8,9)/t54-,55+,56+,57+,58-,59-,60?,70?,71?,72?,76?,77?,78+,79+,80+,82?;/m0./s1. The number of Topliss-reactive ketones (excluding diaryl/α,β-unsaturated/α-hetero) is 4. The maximum Gasteiger partial charge on any atom is 0.408 e. The number of hydrogen-bond acceptors (Lipinski definition) is 27. The summed E-state index contributed by atoms with van der Waals surface area (Å²) in [5.74, 6) is -2.98. The molecule has 3 heterocycles. The molecule has 3 aliphatic heterocycles. The van der Waals surface area contributed by atoms with E-state index in [2.05, 4.69) is 47.4 Å². The third-order valence-electron chi connectivity index (χ3n) is 22.1. The lowest BCUT2D eigenvalue weighted by Gasteiger charge is -2.44. The smallest absolute Gasteiger partial charge is 0.408 e. The van der Waals surface area contributed by atoms with Crippen LogP contribution in [-0.2, 0) is 131 Å². The van der Waals surface area contributed by atoms with Crippen LogP contribution in [0.4, 0.5) is 4.79 Å². The quantitative estimate of drug-likeness (QED) is 0.0200. The number of aliphatic carboxylic acids is 1. The third-order valence-corrected chi connectivity index (χ3v) is 22.1. The summed E-state index contributed by atoms with van der Waals surface area (Å²) in [6, 6.07) is 8.13. The van der Waals surface area contributed by atoms with Gasteiger partial charge in [-0.15, -0.1) is 0 Å². The molecule has 6 N–H and O–H groups in total. The fraction of sp³-hybridized carbons (Fsp3) is 0.773. The van der Waals surface area contributed by atoms with Crippen molar-refractivity contribution in [2.45, 2.75) is 312 Å². The van der Waals surface area contributed by atoms with Gasteiger partial charge in [-0.1, -0.05) is 91.6 Å². The molecule has 33 nitrogen and oxygen atoms in total. The number of carboxylic acids is 1. The Morgan fingerprint density at radius 2 is 0.785 bits per heavy atom. The topological polar surface area (TPSA) is 439 Å². The molecular weight excluding hydrogens is 1570 g/mol. The van der Waals surface area contributed by atoms with Crippen LogP contribution in [0.25, 0.3) is 0 Å². The van der Waals surface area contributed by atoms with E-state index in [1.807, 2.05) is 33.8 Å². The first-order valence-electron chi connectivity index (χ1n) is 43.5. The zero-order valence-corrected chi connectivity index (χ0v) is 74.1. The number of carbonyl (C=O) groups is 14. The summed E-state index contributed by atoms with van der Waals surface area (Å²) in [4.78, 5) is 171. The monoisotopic (exact) mass is 1720 g/mol. The number of carboxylic acid groups (broad SMARTS) is 1. The highest BCUT2D eigenvalue weighted by Gasteiger charge is 2.46. The number of nitrogens with one attached hydrogen (secondary N) is 5. The van der Waals surface area contributed by atoms with Crippen LogP contribution in [-0.4, -0.2) is 228 Å². The molecule has 4 rings (SSSR count). The second-order valence-corrected chi connectivity index (χ2v) is 32.5. The molecule has 3 fully saturated rings. The third kappa shape index (κ3) is 47.5. The maximum absolute atomic E-state index is 13.7. The van der Waals surface area contributed by atoms with Gasteiger partial charge in [0, 0.05) is 144 Å². The Labute approximate surface area is 715 Å². The van der Waals surface area contributed by atoms with E-state index in [4.69, 9.17) is 66.7 Å². The van der Waals surface area contributed by atoms with Gasteiger partial charge in [0.1, 0.15) is 61.7 Å². The first kappa shape index (κ1) is 107.